The van der Waals surface area contributed by atoms with E-state index in [9.17, 15) is 24.0 Å². The van der Waals surface area contributed by atoms with Crippen molar-refractivity contribution in [1.29, 1.82) is 0 Å². The number of aromatic nitrogens is 1. The number of amides is 4. The van der Waals surface area contributed by atoms with Crippen molar-refractivity contribution in [3.05, 3.63) is 66.1 Å². The van der Waals surface area contributed by atoms with Crippen LogP contribution in [0.2, 0.25) is 0 Å². The van der Waals surface area contributed by atoms with Gasteiger partial charge in [0.15, 0.2) is 5.58 Å². The Bertz CT molecular complexity index is 1610. The van der Waals surface area contributed by atoms with E-state index in [1.165, 1.54) is 4.90 Å². The molecule has 0 unspecified atom stereocenters. The maximum atomic E-state index is 14.3. The van der Waals surface area contributed by atoms with Crippen LogP contribution in [0.15, 0.2) is 59.0 Å². The zero-order valence-corrected chi connectivity index (χ0v) is 29.1. The minimum Gasteiger partial charge on any atom is -0.450 e. The van der Waals surface area contributed by atoms with Crippen molar-refractivity contribution in [1.82, 2.24) is 25.4 Å². The molecule has 2 fully saturated rings. The molecule has 51 heavy (non-hydrogen) atoms. The first-order valence-electron chi connectivity index (χ1n) is 17.9. The SMILES string of the molecule is CCOC(=O)N[C@H](CCc1ccccc1)C(=O)N1C[C@H](OC(=O)N2CCCCC2)C[C@H]1C(=O)N[C@@H](CCCCN)C(=O)c1nc2ccccc2o1. The van der Waals surface area contributed by atoms with Gasteiger partial charge < -0.3 is 40.1 Å². The quantitative estimate of drug-likeness (QED) is 0.154. The lowest BCUT2D eigenvalue weighted by molar-refractivity contribution is -0.140. The van der Waals surface area contributed by atoms with E-state index in [0.717, 1.165) is 24.8 Å². The number of likely N-dealkylation sites (tertiary alicyclic amines) is 2. The van der Waals surface area contributed by atoms with Crippen LogP contribution >= 0.6 is 0 Å². The predicted octanol–water partition coefficient (Wildman–Crippen LogP) is 3.96. The summed E-state index contributed by atoms with van der Waals surface area (Å²) in [5.41, 5.74) is 7.64. The summed E-state index contributed by atoms with van der Waals surface area (Å²) >= 11 is 0. The van der Waals surface area contributed by atoms with Gasteiger partial charge in [-0.05, 0) is 82.5 Å². The Morgan fingerprint density at radius 3 is 2.41 bits per heavy atom. The molecule has 4 atom stereocenters. The van der Waals surface area contributed by atoms with Gasteiger partial charge in [-0.15, -0.1) is 0 Å². The number of ketones is 1. The second-order valence-corrected chi connectivity index (χ2v) is 12.9. The molecule has 2 aliphatic rings. The van der Waals surface area contributed by atoms with Crippen LogP contribution in [0, 0.1) is 0 Å². The number of hydrogen-bond donors (Lipinski definition) is 3. The third kappa shape index (κ3) is 10.1. The zero-order valence-electron chi connectivity index (χ0n) is 29.1. The van der Waals surface area contributed by atoms with E-state index in [1.807, 2.05) is 30.3 Å². The molecule has 2 saturated heterocycles. The summed E-state index contributed by atoms with van der Waals surface area (Å²) in [5.74, 6) is -1.77. The number of para-hydroxylation sites is 2. The van der Waals surface area contributed by atoms with Gasteiger partial charge in [0.1, 0.15) is 23.7 Å². The first kappa shape index (κ1) is 37.3. The van der Waals surface area contributed by atoms with Gasteiger partial charge in [0.2, 0.25) is 17.6 Å². The molecular weight excluding hydrogens is 656 g/mol. The zero-order chi connectivity index (χ0) is 36.2. The van der Waals surface area contributed by atoms with Crippen molar-refractivity contribution < 1.29 is 37.9 Å². The van der Waals surface area contributed by atoms with Gasteiger partial charge in [-0.1, -0.05) is 42.5 Å². The molecule has 14 nitrogen and oxygen atoms in total. The highest BCUT2D eigenvalue weighted by Gasteiger charge is 2.45. The van der Waals surface area contributed by atoms with Crippen molar-refractivity contribution in [2.75, 3.05) is 32.8 Å². The first-order chi connectivity index (χ1) is 24.8. The van der Waals surface area contributed by atoms with E-state index in [4.69, 9.17) is 19.6 Å². The summed E-state index contributed by atoms with van der Waals surface area (Å²) in [4.78, 5) is 75.3. The Balaban J connectivity index is 1.38. The van der Waals surface area contributed by atoms with Gasteiger partial charge >= 0.3 is 12.2 Å². The molecule has 2 aromatic carbocycles. The number of benzene rings is 2. The molecule has 14 heteroatoms. The van der Waals surface area contributed by atoms with Gasteiger partial charge in [0, 0.05) is 19.5 Å². The number of fused-ring (bicyclic) bond motifs is 1. The maximum Gasteiger partial charge on any atom is 0.410 e. The van der Waals surface area contributed by atoms with Crippen LogP contribution in [-0.2, 0) is 25.5 Å². The van der Waals surface area contributed by atoms with E-state index >= 15 is 0 Å². The van der Waals surface area contributed by atoms with Gasteiger partial charge in [-0.2, -0.15) is 0 Å². The van der Waals surface area contributed by atoms with Crippen LogP contribution in [0.5, 0.6) is 0 Å². The van der Waals surface area contributed by atoms with E-state index in [1.54, 1.807) is 36.1 Å². The molecule has 1 aromatic heterocycles. The Morgan fingerprint density at radius 1 is 0.941 bits per heavy atom. The topological polar surface area (TPSA) is 186 Å². The van der Waals surface area contributed by atoms with Crippen LogP contribution in [0.25, 0.3) is 11.1 Å². The number of Topliss-reactive ketones (excluding diaryl/α,β-unsaturated/α-hetero) is 1. The van der Waals surface area contributed by atoms with Crippen molar-refractivity contribution in [3.8, 4) is 0 Å². The fourth-order valence-corrected chi connectivity index (χ4v) is 6.55. The lowest BCUT2D eigenvalue weighted by Gasteiger charge is -2.29. The Kier molecular flexibility index (Phi) is 13.4. The lowest BCUT2D eigenvalue weighted by atomic mass is 10.0. The normalized spacial score (nSPS) is 18.5. The lowest BCUT2D eigenvalue weighted by Crippen LogP contribution is -2.55. The Morgan fingerprint density at radius 2 is 1.69 bits per heavy atom. The minimum absolute atomic E-state index is 0.00850. The molecule has 274 valence electrons. The molecule has 3 heterocycles. The van der Waals surface area contributed by atoms with Gasteiger partial charge in [0.05, 0.1) is 19.2 Å². The van der Waals surface area contributed by atoms with Crippen LogP contribution in [-0.4, -0.2) is 102 Å². The molecule has 0 saturated carbocycles. The number of carbonyl (C=O) groups is 5. The fourth-order valence-electron chi connectivity index (χ4n) is 6.55. The van der Waals surface area contributed by atoms with E-state index < -0.39 is 54.0 Å². The molecule has 0 spiro atoms. The summed E-state index contributed by atoms with van der Waals surface area (Å²) in [6, 6.07) is 13.3. The summed E-state index contributed by atoms with van der Waals surface area (Å²) in [6.07, 6.45) is 2.85. The van der Waals surface area contributed by atoms with Gasteiger partial charge in [-0.3, -0.25) is 14.4 Å². The Hall–Kier alpha value is -4.98. The number of aryl methyl sites for hydroxylation is 1. The number of ether oxygens (including phenoxy) is 2. The number of nitrogens with one attached hydrogen (secondary N) is 2. The van der Waals surface area contributed by atoms with Crippen molar-refractivity contribution in [2.45, 2.75) is 88.9 Å². The summed E-state index contributed by atoms with van der Waals surface area (Å²) in [5, 5.41) is 5.53. The average molecular weight is 705 g/mol. The van der Waals surface area contributed by atoms with Crippen LogP contribution < -0.4 is 16.4 Å². The van der Waals surface area contributed by atoms with Crippen LogP contribution in [0.3, 0.4) is 0 Å². The number of hydrogen-bond acceptors (Lipinski definition) is 10. The Labute approximate surface area is 297 Å². The number of alkyl carbamates (subject to hydrolysis) is 1. The smallest absolute Gasteiger partial charge is 0.410 e. The van der Waals surface area contributed by atoms with Crippen LogP contribution in [0.4, 0.5) is 9.59 Å². The largest absolute Gasteiger partial charge is 0.450 e. The monoisotopic (exact) mass is 704 g/mol. The van der Waals surface area contributed by atoms with Crippen molar-refractivity contribution >= 4 is 40.9 Å². The van der Waals surface area contributed by atoms with E-state index in [0.29, 0.717) is 50.0 Å². The highest BCUT2D eigenvalue weighted by Crippen LogP contribution is 2.25. The first-order valence-corrected chi connectivity index (χ1v) is 17.9. The summed E-state index contributed by atoms with van der Waals surface area (Å²) in [6.45, 7) is 3.25. The number of carbonyl (C=O) groups excluding carboxylic acids is 5. The molecular formula is C37H48N6O8. The average Bonchev–Trinajstić information content (AvgIpc) is 3.78. The highest BCUT2D eigenvalue weighted by molar-refractivity contribution is 6.01. The number of oxazole rings is 1. The molecule has 5 rings (SSSR count). The number of nitrogens with zero attached hydrogens (tertiary/aromatic N) is 3. The fraction of sp³-hybridized carbons (Fsp3) is 0.514. The number of nitrogens with two attached hydrogens (primary N) is 1. The maximum absolute atomic E-state index is 14.3. The molecule has 2 aliphatic heterocycles. The second kappa shape index (κ2) is 18.3. The minimum atomic E-state index is -1.10. The third-order valence-corrected chi connectivity index (χ3v) is 9.24. The number of rotatable bonds is 15. The highest BCUT2D eigenvalue weighted by atomic mass is 16.6. The molecule has 0 bridgehead atoms. The van der Waals surface area contributed by atoms with E-state index in [2.05, 4.69) is 15.6 Å². The predicted molar refractivity (Wildman–Crippen MR) is 188 cm³/mol. The second-order valence-electron chi connectivity index (χ2n) is 12.9. The van der Waals surface area contributed by atoms with Crippen molar-refractivity contribution in [3.63, 3.8) is 0 Å². The van der Waals surface area contributed by atoms with E-state index in [-0.39, 0.29) is 38.3 Å². The summed E-state index contributed by atoms with van der Waals surface area (Å²) < 4.78 is 16.7. The molecule has 4 N–H and O–H groups in total. The summed E-state index contributed by atoms with van der Waals surface area (Å²) in [7, 11) is 0. The van der Waals surface area contributed by atoms with Crippen LogP contribution in [0.1, 0.15) is 74.5 Å². The molecule has 4 amide bonds. The molecule has 0 radical (unpaired) electrons. The van der Waals surface area contributed by atoms with Crippen molar-refractivity contribution in [2.24, 2.45) is 5.73 Å². The number of piperidine rings is 1. The third-order valence-electron chi connectivity index (χ3n) is 9.24. The van der Waals surface area contributed by atoms with Gasteiger partial charge in [0.25, 0.3) is 5.89 Å². The standard InChI is InChI=1S/C37H48N6O8/c1-2-49-36(47)41-29(19-18-25-13-5-3-6-14-25)35(46)43-24-26(50-37(48)42-21-11-4-12-22-42)23-30(43)33(45)39-28(16-9-10-20-38)32(44)34-40-27-15-7-8-17-31(27)51-34/h3,5-8,13-15,17,26,28-30H,2,4,9-12,16,18-24,38H2,1H3,(H,39,45)(H,41,47)/t26-,28+,29-,30+/m1/s1. The molecule has 0 aliphatic carbocycles. The number of unbranched alkanes of at least 4 members (excludes halogenated alkanes) is 1. The molecule has 3 aromatic rings. The van der Waals surface area contributed by atoms with Gasteiger partial charge in [-0.25, -0.2) is 14.6 Å².